The third-order valence-electron chi connectivity index (χ3n) is 6.74. The molecule has 1 amide bonds. The number of fused-ring (bicyclic) bond motifs is 1. The summed E-state index contributed by atoms with van der Waals surface area (Å²) in [5.41, 5.74) is 9.96. The standard InChI is InChI=1S/C30H29N3O5.ClH/c1-17-11-21(14-28(36-4)18(17)2)29-23(16-32-38-29)19-9-10-27(35-3)25(13-19)33-30(34)24(31)15-22-12-20-7-5-6-8-26(20)37-22;/h5-14,16,24H,15,31H2,1-4H3,(H,33,34);1H. The first-order valence-electron chi connectivity index (χ1n) is 12.3. The summed E-state index contributed by atoms with van der Waals surface area (Å²) in [6.07, 6.45) is 2.03. The number of methoxy groups -OCH3 is 2. The number of anilines is 1. The van der Waals surface area contributed by atoms with Crippen molar-refractivity contribution in [2.75, 3.05) is 19.5 Å². The van der Waals surface area contributed by atoms with E-state index in [1.165, 1.54) is 0 Å². The molecule has 0 fully saturated rings. The van der Waals surface area contributed by atoms with E-state index in [2.05, 4.69) is 16.2 Å². The zero-order valence-electron chi connectivity index (χ0n) is 22.2. The fourth-order valence-electron chi connectivity index (χ4n) is 4.50. The molecule has 3 aromatic carbocycles. The smallest absolute Gasteiger partial charge is 0.283 e. The number of ether oxygens (including phenoxy) is 2. The molecule has 0 aliphatic carbocycles. The van der Waals surface area contributed by atoms with Gasteiger partial charge in [-0.15, -0.1) is 0 Å². The van der Waals surface area contributed by atoms with Gasteiger partial charge < -0.3 is 41.9 Å². The van der Waals surface area contributed by atoms with E-state index >= 15 is 0 Å². The average molecular weight is 548 g/mol. The normalized spacial score (nSPS) is 11.6. The molecule has 0 saturated heterocycles. The van der Waals surface area contributed by atoms with Crippen molar-refractivity contribution in [3.8, 4) is 33.9 Å². The molecule has 0 radical (unpaired) electrons. The monoisotopic (exact) mass is 547 g/mol. The van der Waals surface area contributed by atoms with Crippen LogP contribution in [0.2, 0.25) is 0 Å². The van der Waals surface area contributed by atoms with Gasteiger partial charge in [0, 0.05) is 16.5 Å². The first kappa shape index (κ1) is 27.8. The third-order valence-corrected chi connectivity index (χ3v) is 6.74. The zero-order chi connectivity index (χ0) is 26.8. The van der Waals surface area contributed by atoms with Crippen molar-refractivity contribution in [3.63, 3.8) is 0 Å². The summed E-state index contributed by atoms with van der Waals surface area (Å²) in [7, 11) is 3.21. The lowest BCUT2D eigenvalue weighted by molar-refractivity contribution is -0.402. The minimum atomic E-state index is -0.571. The minimum Gasteiger partial charge on any atom is -1.00 e. The Balaban J connectivity index is 0.00000353. The SMILES string of the molecule is COc1ccc(-c2cnoc2-c2cc(C)c(C)c(OC)c2)cc1NC(=O)C([NH3+])Cc1cc2ccccc2o1.[Cl-]. The molecule has 202 valence electrons. The van der Waals surface area contributed by atoms with E-state index in [-0.39, 0.29) is 18.3 Å². The van der Waals surface area contributed by atoms with Crippen molar-refractivity contribution in [1.82, 2.24) is 5.16 Å². The average Bonchev–Trinajstić information content (AvgIpc) is 3.57. The van der Waals surface area contributed by atoms with Crippen LogP contribution < -0.4 is 32.9 Å². The highest BCUT2D eigenvalue weighted by atomic mass is 35.5. The number of halogens is 1. The second-order valence-electron chi connectivity index (χ2n) is 9.24. The highest BCUT2D eigenvalue weighted by Crippen LogP contribution is 2.38. The predicted octanol–water partition coefficient (Wildman–Crippen LogP) is 2.18. The first-order chi connectivity index (χ1) is 18.4. The van der Waals surface area contributed by atoms with Crippen LogP contribution in [-0.4, -0.2) is 31.3 Å². The number of hydrogen-bond acceptors (Lipinski definition) is 6. The van der Waals surface area contributed by atoms with Gasteiger partial charge in [-0.25, -0.2) is 0 Å². The number of aromatic nitrogens is 1. The summed E-state index contributed by atoms with van der Waals surface area (Å²) in [5, 5.41) is 8.02. The lowest BCUT2D eigenvalue weighted by Crippen LogP contribution is -3.00. The lowest BCUT2D eigenvalue weighted by Gasteiger charge is -2.14. The number of carbonyl (C=O) groups is 1. The summed E-state index contributed by atoms with van der Waals surface area (Å²) in [6.45, 7) is 4.04. The predicted molar refractivity (Wildman–Crippen MR) is 145 cm³/mol. The van der Waals surface area contributed by atoms with E-state index in [0.717, 1.165) is 44.5 Å². The van der Waals surface area contributed by atoms with Crippen LogP contribution in [0.15, 0.2) is 75.8 Å². The van der Waals surface area contributed by atoms with Crippen LogP contribution >= 0.6 is 0 Å². The number of amides is 1. The van der Waals surface area contributed by atoms with E-state index in [1.54, 1.807) is 26.5 Å². The van der Waals surface area contributed by atoms with Gasteiger partial charge in [0.2, 0.25) is 0 Å². The molecule has 4 N–H and O–H groups in total. The summed E-state index contributed by atoms with van der Waals surface area (Å²) in [6, 6.07) is 18.6. The highest BCUT2D eigenvalue weighted by Gasteiger charge is 2.23. The fourth-order valence-corrected chi connectivity index (χ4v) is 4.50. The third kappa shape index (κ3) is 5.62. The lowest BCUT2D eigenvalue weighted by atomic mass is 9.98. The molecule has 1 unspecified atom stereocenters. The number of furan rings is 1. The number of quaternary nitrogens is 1. The van der Waals surface area contributed by atoms with Gasteiger partial charge in [-0.1, -0.05) is 29.4 Å². The topological polar surface area (TPSA) is 114 Å². The molecular formula is C30H30ClN3O5. The quantitative estimate of drug-likeness (QED) is 0.308. The molecule has 0 bridgehead atoms. The number of aryl methyl sites for hydroxylation is 1. The van der Waals surface area contributed by atoms with Crippen LogP contribution in [0.1, 0.15) is 16.9 Å². The summed E-state index contributed by atoms with van der Waals surface area (Å²) < 4.78 is 22.6. The molecule has 0 spiro atoms. The molecule has 1 atom stereocenters. The van der Waals surface area contributed by atoms with Gasteiger partial charge in [-0.05, 0) is 66.9 Å². The number of benzene rings is 3. The van der Waals surface area contributed by atoms with Gasteiger partial charge in [0.15, 0.2) is 11.8 Å². The van der Waals surface area contributed by atoms with Crippen LogP contribution in [0.25, 0.3) is 33.4 Å². The van der Waals surface area contributed by atoms with Gasteiger partial charge in [0.1, 0.15) is 22.8 Å². The fraction of sp³-hybridized carbons (Fsp3) is 0.200. The van der Waals surface area contributed by atoms with Crippen molar-refractivity contribution in [1.29, 1.82) is 0 Å². The molecule has 8 nitrogen and oxygen atoms in total. The van der Waals surface area contributed by atoms with Crippen LogP contribution in [0.5, 0.6) is 11.5 Å². The molecule has 9 heteroatoms. The van der Waals surface area contributed by atoms with E-state index in [9.17, 15) is 4.79 Å². The Bertz CT molecular complexity index is 1590. The Morgan fingerprint density at radius 1 is 1.00 bits per heavy atom. The molecule has 5 rings (SSSR count). The number of hydrogen-bond donors (Lipinski definition) is 2. The maximum Gasteiger partial charge on any atom is 0.283 e. The van der Waals surface area contributed by atoms with Crippen LogP contribution in [0.4, 0.5) is 5.69 Å². The van der Waals surface area contributed by atoms with Crippen LogP contribution in [0.3, 0.4) is 0 Å². The Hall–Kier alpha value is -4.27. The molecular weight excluding hydrogens is 518 g/mol. The van der Waals surface area contributed by atoms with E-state index in [4.69, 9.17) is 18.4 Å². The minimum absolute atomic E-state index is 0. The molecule has 5 aromatic rings. The van der Waals surface area contributed by atoms with Gasteiger partial charge >= 0.3 is 0 Å². The number of carbonyl (C=O) groups excluding carboxylic acids is 1. The van der Waals surface area contributed by atoms with E-state index in [0.29, 0.717) is 29.4 Å². The Morgan fingerprint density at radius 3 is 2.51 bits per heavy atom. The maximum absolute atomic E-state index is 13.1. The van der Waals surface area contributed by atoms with Crippen molar-refractivity contribution >= 4 is 22.6 Å². The molecule has 0 saturated carbocycles. The van der Waals surface area contributed by atoms with Crippen molar-refractivity contribution in [3.05, 3.63) is 83.7 Å². The summed E-state index contributed by atoms with van der Waals surface area (Å²) >= 11 is 0. The highest BCUT2D eigenvalue weighted by molar-refractivity contribution is 5.96. The second-order valence-corrected chi connectivity index (χ2v) is 9.24. The Labute approximate surface area is 232 Å². The number of rotatable bonds is 8. The second kappa shape index (κ2) is 11.6. The maximum atomic E-state index is 13.1. The molecule has 39 heavy (non-hydrogen) atoms. The summed E-state index contributed by atoms with van der Waals surface area (Å²) in [4.78, 5) is 13.1. The van der Waals surface area contributed by atoms with Crippen LogP contribution in [0, 0.1) is 13.8 Å². The Kier molecular flexibility index (Phi) is 8.28. The molecule has 0 aliphatic rings. The van der Waals surface area contributed by atoms with Crippen molar-refractivity contribution < 1.29 is 41.3 Å². The van der Waals surface area contributed by atoms with E-state index in [1.807, 2.05) is 68.4 Å². The van der Waals surface area contributed by atoms with Gasteiger partial charge in [0.05, 0.1) is 32.5 Å². The molecule has 2 aromatic heterocycles. The largest absolute Gasteiger partial charge is 1.00 e. The van der Waals surface area contributed by atoms with Gasteiger partial charge in [-0.2, -0.15) is 0 Å². The van der Waals surface area contributed by atoms with Crippen molar-refractivity contribution in [2.45, 2.75) is 26.3 Å². The summed E-state index contributed by atoms with van der Waals surface area (Å²) in [5.74, 6) is 2.37. The van der Waals surface area contributed by atoms with E-state index < -0.39 is 6.04 Å². The number of para-hydroxylation sites is 1. The molecule has 0 aliphatic heterocycles. The zero-order valence-corrected chi connectivity index (χ0v) is 23.0. The van der Waals surface area contributed by atoms with Gasteiger partial charge in [0.25, 0.3) is 5.91 Å². The van der Waals surface area contributed by atoms with Crippen molar-refractivity contribution in [2.24, 2.45) is 0 Å². The molecule has 2 heterocycles. The number of nitrogens with one attached hydrogen (secondary N) is 1. The Morgan fingerprint density at radius 2 is 1.77 bits per heavy atom. The van der Waals surface area contributed by atoms with Gasteiger partial charge in [-0.3, -0.25) is 4.79 Å². The van der Waals surface area contributed by atoms with Crippen LogP contribution in [-0.2, 0) is 11.2 Å². The number of nitrogens with zero attached hydrogens (tertiary/aromatic N) is 1. The first-order valence-corrected chi connectivity index (χ1v) is 12.3.